The van der Waals surface area contributed by atoms with Gasteiger partial charge >= 0.3 is 7.76 Å². The summed E-state index contributed by atoms with van der Waals surface area (Å²) in [5.41, 5.74) is 0. The van der Waals surface area contributed by atoms with Gasteiger partial charge in [-0.15, -0.1) is 8.39 Å². The number of benzene rings is 1. The highest BCUT2D eigenvalue weighted by atomic mass is 35.5. The van der Waals surface area contributed by atoms with Crippen LogP contribution < -0.4 is 5.30 Å². The fraction of sp³-hybridized carbons (Fsp3) is 0. The minimum atomic E-state index is -5.10. The summed E-state index contributed by atoms with van der Waals surface area (Å²) in [5.74, 6) is 0. The molecule has 0 unspecified atom stereocenters. The molecule has 1 nitrogen and oxygen atoms in total. The molecule has 0 aliphatic heterocycles. The van der Waals surface area contributed by atoms with E-state index in [1.165, 1.54) is 12.1 Å². The van der Waals surface area contributed by atoms with Crippen molar-refractivity contribution >= 4 is 24.7 Å². The van der Waals surface area contributed by atoms with Gasteiger partial charge in [-0.05, 0) is 24.3 Å². The van der Waals surface area contributed by atoms with E-state index in [0.29, 0.717) is 5.02 Å². The van der Waals surface area contributed by atoms with Gasteiger partial charge in [0.1, 0.15) is 0 Å². The van der Waals surface area contributed by atoms with Crippen LogP contribution in [0.15, 0.2) is 24.3 Å². The quantitative estimate of drug-likeness (QED) is 0.631. The molecule has 0 bridgehead atoms. The van der Waals surface area contributed by atoms with E-state index in [9.17, 15) is 13.0 Å². The third kappa shape index (κ3) is 2.28. The van der Waals surface area contributed by atoms with Crippen molar-refractivity contribution in [1.29, 1.82) is 0 Å². The molecule has 0 fully saturated rings. The van der Waals surface area contributed by atoms with E-state index in [0.717, 1.165) is 12.1 Å². The largest absolute Gasteiger partial charge is 0.433 e. The molecule has 0 aromatic heterocycles. The van der Waals surface area contributed by atoms with Gasteiger partial charge < -0.3 is 0 Å². The Morgan fingerprint density at radius 2 is 1.64 bits per heavy atom. The molecule has 5 heteroatoms. The summed E-state index contributed by atoms with van der Waals surface area (Å²) in [6.45, 7) is 0. The Morgan fingerprint density at radius 1 is 1.18 bits per heavy atom. The van der Waals surface area contributed by atoms with Crippen LogP contribution in [-0.4, -0.2) is 0 Å². The fourth-order valence-corrected chi connectivity index (χ4v) is 1.24. The number of hydrogen-bond acceptors (Lipinski definition) is 1. The predicted molar refractivity (Wildman–Crippen MR) is 40.9 cm³/mol. The lowest BCUT2D eigenvalue weighted by Gasteiger charge is -1.97. The maximum Gasteiger partial charge on any atom is 0.433 e. The van der Waals surface area contributed by atoms with E-state index in [1.807, 2.05) is 0 Å². The average Bonchev–Trinajstić information content (AvgIpc) is 1.86. The molecule has 0 amide bonds. The molecule has 60 valence electrons. The van der Waals surface area contributed by atoms with Crippen LogP contribution in [0.1, 0.15) is 0 Å². The summed E-state index contributed by atoms with van der Waals surface area (Å²) < 4.78 is 34.3. The van der Waals surface area contributed by atoms with Crippen molar-refractivity contribution in [3.63, 3.8) is 0 Å². The molecular formula is C6H4ClF2OP. The Kier molecular flexibility index (Phi) is 2.31. The molecule has 1 aromatic carbocycles. The van der Waals surface area contributed by atoms with Crippen LogP contribution >= 0.6 is 19.4 Å². The Morgan fingerprint density at radius 3 is 2.00 bits per heavy atom. The van der Waals surface area contributed by atoms with Crippen molar-refractivity contribution in [3.8, 4) is 0 Å². The molecule has 11 heavy (non-hydrogen) atoms. The lowest BCUT2D eigenvalue weighted by atomic mass is 10.4. The molecule has 0 N–H and O–H groups in total. The van der Waals surface area contributed by atoms with Crippen molar-refractivity contribution < 1.29 is 13.0 Å². The summed E-state index contributed by atoms with van der Waals surface area (Å²) in [5, 5.41) is -0.107. The number of hydrogen-bond donors (Lipinski definition) is 0. The molecule has 0 aliphatic carbocycles. The zero-order valence-corrected chi connectivity index (χ0v) is 6.95. The molecule has 1 rings (SSSR count). The maximum absolute atomic E-state index is 12.1. The lowest BCUT2D eigenvalue weighted by Crippen LogP contribution is -1.95. The van der Waals surface area contributed by atoms with Crippen LogP contribution in [0.2, 0.25) is 5.02 Å². The first-order valence-electron chi connectivity index (χ1n) is 2.75. The minimum absolute atomic E-state index is 0.349. The maximum atomic E-state index is 12.1. The lowest BCUT2D eigenvalue weighted by molar-refractivity contribution is 0.507. The molecule has 0 radical (unpaired) electrons. The number of rotatable bonds is 1. The molecular weight excluding hydrogens is 192 g/mol. The standard InChI is InChI=1S/C6H4ClF2OP/c7-5-1-3-6(4-2-5)11(8,9)10/h1-4H. The van der Waals surface area contributed by atoms with Crippen LogP contribution in [-0.2, 0) is 4.57 Å². The summed E-state index contributed by atoms with van der Waals surface area (Å²) >= 11 is 5.43. The second-order valence-corrected chi connectivity index (χ2v) is 3.82. The van der Waals surface area contributed by atoms with Gasteiger partial charge in [0, 0.05) is 5.02 Å². The first-order chi connectivity index (χ1) is 5.00. The molecule has 0 saturated carbocycles. The van der Waals surface area contributed by atoms with Gasteiger partial charge in [-0.2, -0.15) is 0 Å². The van der Waals surface area contributed by atoms with Crippen LogP contribution in [0.4, 0.5) is 8.39 Å². The first kappa shape index (κ1) is 8.69. The molecule has 0 spiro atoms. The molecule has 0 saturated heterocycles. The van der Waals surface area contributed by atoms with Gasteiger partial charge in [-0.3, -0.25) is 0 Å². The van der Waals surface area contributed by atoms with Crippen molar-refractivity contribution in [2.45, 2.75) is 0 Å². The Balaban J connectivity index is 3.09. The van der Waals surface area contributed by atoms with Crippen LogP contribution in [0.5, 0.6) is 0 Å². The summed E-state index contributed by atoms with van der Waals surface area (Å²) in [7, 11) is -5.10. The smallest absolute Gasteiger partial charge is 0.244 e. The van der Waals surface area contributed by atoms with Crippen LogP contribution in [0, 0.1) is 0 Å². The summed E-state index contributed by atoms with van der Waals surface area (Å²) in [6, 6.07) is 4.68. The zero-order chi connectivity index (χ0) is 8.48. The SMILES string of the molecule is O=P(F)(F)c1ccc(Cl)cc1. The predicted octanol–water partition coefficient (Wildman–Crippen LogP) is 3.10. The second-order valence-electron chi connectivity index (χ2n) is 1.94. The van der Waals surface area contributed by atoms with Crippen molar-refractivity contribution in [2.75, 3.05) is 0 Å². The fourth-order valence-electron chi connectivity index (χ4n) is 0.615. The third-order valence-corrected chi connectivity index (χ3v) is 2.28. The monoisotopic (exact) mass is 196 g/mol. The number of halogens is 3. The highest BCUT2D eigenvalue weighted by molar-refractivity contribution is 7.61. The van der Waals surface area contributed by atoms with Crippen molar-refractivity contribution in [3.05, 3.63) is 29.3 Å². The summed E-state index contributed by atoms with van der Waals surface area (Å²) in [4.78, 5) is 0. The van der Waals surface area contributed by atoms with E-state index < -0.39 is 13.1 Å². The molecule has 0 heterocycles. The highest BCUT2D eigenvalue weighted by Gasteiger charge is 2.21. The Labute approximate surface area is 67.6 Å². The van der Waals surface area contributed by atoms with Crippen LogP contribution in [0.3, 0.4) is 0 Å². The Hall–Kier alpha value is -0.400. The Bertz CT molecular complexity index is 292. The topological polar surface area (TPSA) is 17.1 Å². The average molecular weight is 197 g/mol. The van der Waals surface area contributed by atoms with Gasteiger partial charge in [-0.1, -0.05) is 11.6 Å². The van der Waals surface area contributed by atoms with Gasteiger partial charge in [0.15, 0.2) is 0 Å². The normalized spacial score (nSPS) is 11.5. The van der Waals surface area contributed by atoms with E-state index in [1.54, 1.807) is 0 Å². The van der Waals surface area contributed by atoms with Gasteiger partial charge in [0.2, 0.25) is 0 Å². The summed E-state index contributed by atoms with van der Waals surface area (Å²) in [6.07, 6.45) is 0. The highest BCUT2D eigenvalue weighted by Crippen LogP contribution is 2.47. The molecule has 0 aliphatic rings. The molecule has 0 atom stereocenters. The van der Waals surface area contributed by atoms with Crippen molar-refractivity contribution in [1.82, 2.24) is 0 Å². The van der Waals surface area contributed by atoms with Gasteiger partial charge in [-0.25, -0.2) is 4.57 Å². The van der Waals surface area contributed by atoms with Gasteiger partial charge in [0.05, 0.1) is 5.30 Å². The van der Waals surface area contributed by atoms with Crippen molar-refractivity contribution in [2.24, 2.45) is 0 Å². The molecule has 1 aromatic rings. The minimum Gasteiger partial charge on any atom is -0.244 e. The third-order valence-electron chi connectivity index (χ3n) is 1.13. The van der Waals surface area contributed by atoms with E-state index in [2.05, 4.69) is 0 Å². The van der Waals surface area contributed by atoms with E-state index in [-0.39, 0.29) is 0 Å². The van der Waals surface area contributed by atoms with Crippen LogP contribution in [0.25, 0.3) is 0 Å². The second kappa shape index (κ2) is 2.92. The van der Waals surface area contributed by atoms with E-state index >= 15 is 0 Å². The van der Waals surface area contributed by atoms with E-state index in [4.69, 9.17) is 11.6 Å². The zero-order valence-electron chi connectivity index (χ0n) is 5.30. The first-order valence-corrected chi connectivity index (χ1v) is 4.62. The van der Waals surface area contributed by atoms with Gasteiger partial charge in [0.25, 0.3) is 0 Å².